The molecule has 0 fully saturated rings. The van der Waals surface area contributed by atoms with Crippen molar-refractivity contribution in [3.63, 3.8) is 0 Å². The lowest BCUT2D eigenvalue weighted by molar-refractivity contribution is -0.122. The van der Waals surface area contributed by atoms with Gasteiger partial charge in [0.2, 0.25) is 0 Å². The minimum Gasteiger partial charge on any atom is -0.483 e. The first-order valence-corrected chi connectivity index (χ1v) is 8.64. The van der Waals surface area contributed by atoms with E-state index in [1.54, 1.807) is 7.11 Å². The van der Waals surface area contributed by atoms with E-state index in [9.17, 15) is 0 Å². The smallest absolute Gasteiger partial charge is 0.290 e. The number of para-hydroxylation sites is 1. The van der Waals surface area contributed by atoms with Crippen LogP contribution in [0.15, 0.2) is 36.7 Å². The lowest BCUT2D eigenvalue weighted by Gasteiger charge is -2.26. The zero-order valence-corrected chi connectivity index (χ0v) is 14.9. The third-order valence-corrected chi connectivity index (χ3v) is 4.66. The number of carbonyl (C=O) groups is 1. The Kier molecular flexibility index (Phi) is 6.04. The van der Waals surface area contributed by atoms with Gasteiger partial charge in [-0.1, -0.05) is 18.2 Å². The molecule has 26 heavy (non-hydrogen) atoms. The Balaban J connectivity index is 0.000000613. The van der Waals surface area contributed by atoms with Crippen LogP contribution in [0.5, 0.6) is 0 Å². The molecule has 0 amide bonds. The van der Waals surface area contributed by atoms with Crippen LogP contribution >= 0.6 is 0 Å². The van der Waals surface area contributed by atoms with Gasteiger partial charge in [0.15, 0.2) is 0 Å². The Hall–Kier alpha value is -2.64. The molecule has 0 atom stereocenters. The number of rotatable bonds is 5. The fourth-order valence-electron chi connectivity index (χ4n) is 3.47. The highest BCUT2D eigenvalue weighted by molar-refractivity contribution is 5.84. The third-order valence-electron chi connectivity index (χ3n) is 4.66. The second kappa shape index (κ2) is 8.64. The summed E-state index contributed by atoms with van der Waals surface area (Å²) in [6.07, 6.45) is 5.01. The van der Waals surface area contributed by atoms with E-state index in [2.05, 4.69) is 43.7 Å². The molecule has 0 radical (unpaired) electrons. The first-order valence-electron chi connectivity index (χ1n) is 8.64. The van der Waals surface area contributed by atoms with Gasteiger partial charge in [-0.3, -0.25) is 9.69 Å². The Morgan fingerprint density at radius 2 is 2.19 bits per heavy atom. The molecule has 7 heteroatoms. The van der Waals surface area contributed by atoms with Crippen molar-refractivity contribution >= 4 is 17.4 Å². The number of H-pyrrole nitrogens is 1. The van der Waals surface area contributed by atoms with Crippen LogP contribution in [0.4, 0.5) is 0 Å². The van der Waals surface area contributed by atoms with Crippen molar-refractivity contribution in [1.82, 2.24) is 19.4 Å². The second-order valence-corrected chi connectivity index (χ2v) is 6.22. The molecular weight excluding hydrogens is 332 g/mol. The largest absolute Gasteiger partial charge is 0.483 e. The third kappa shape index (κ3) is 3.95. The van der Waals surface area contributed by atoms with Gasteiger partial charge in [-0.25, -0.2) is 4.98 Å². The summed E-state index contributed by atoms with van der Waals surface area (Å²) in [7, 11) is 1.73. The molecule has 3 heterocycles. The summed E-state index contributed by atoms with van der Waals surface area (Å²) in [6, 6.07) is 8.59. The van der Waals surface area contributed by atoms with Gasteiger partial charge in [0, 0.05) is 55.7 Å². The van der Waals surface area contributed by atoms with Crippen LogP contribution in [0, 0.1) is 0 Å². The number of ether oxygens (including phenoxy) is 1. The number of aromatic amines is 1. The molecule has 7 nitrogen and oxygen atoms in total. The first kappa shape index (κ1) is 18.2. The van der Waals surface area contributed by atoms with Crippen molar-refractivity contribution in [3.8, 4) is 0 Å². The molecule has 1 aliphatic heterocycles. The van der Waals surface area contributed by atoms with Crippen molar-refractivity contribution in [1.29, 1.82) is 0 Å². The van der Waals surface area contributed by atoms with Crippen LogP contribution in [0.1, 0.15) is 17.1 Å². The van der Waals surface area contributed by atoms with E-state index in [1.165, 1.54) is 22.2 Å². The normalized spacial score (nSPS) is 13.9. The molecule has 2 N–H and O–H groups in total. The summed E-state index contributed by atoms with van der Waals surface area (Å²) in [6.45, 7) is 4.24. The van der Waals surface area contributed by atoms with Gasteiger partial charge in [-0.15, -0.1) is 0 Å². The SMILES string of the molecule is COCCn1ccnc1CN1CCc2c([nH]c3ccccc23)C1.O=CO. The molecule has 4 rings (SSSR count). The van der Waals surface area contributed by atoms with Gasteiger partial charge >= 0.3 is 0 Å². The highest BCUT2D eigenvalue weighted by atomic mass is 16.5. The van der Waals surface area contributed by atoms with E-state index < -0.39 is 0 Å². The predicted octanol–water partition coefficient (Wildman–Crippen LogP) is 2.27. The molecular formula is C19H24N4O3. The molecule has 138 valence electrons. The maximum absolute atomic E-state index is 8.36. The summed E-state index contributed by atoms with van der Waals surface area (Å²) in [5.74, 6) is 1.11. The van der Waals surface area contributed by atoms with Crippen molar-refractivity contribution in [2.24, 2.45) is 0 Å². The minimum atomic E-state index is -0.250. The van der Waals surface area contributed by atoms with E-state index in [0.29, 0.717) is 0 Å². The highest BCUT2D eigenvalue weighted by Gasteiger charge is 2.21. The van der Waals surface area contributed by atoms with E-state index in [4.69, 9.17) is 14.6 Å². The molecule has 0 aliphatic carbocycles. The van der Waals surface area contributed by atoms with E-state index in [1.807, 2.05) is 12.4 Å². The second-order valence-electron chi connectivity index (χ2n) is 6.22. The predicted molar refractivity (Wildman–Crippen MR) is 98.9 cm³/mol. The molecule has 2 aromatic heterocycles. The van der Waals surface area contributed by atoms with E-state index in [-0.39, 0.29) is 6.47 Å². The van der Waals surface area contributed by atoms with Crippen LogP contribution in [0.2, 0.25) is 0 Å². The summed E-state index contributed by atoms with van der Waals surface area (Å²) in [5.41, 5.74) is 4.09. The standard InChI is InChI=1S/C18H22N4O.CH2O2/c1-23-11-10-22-9-7-19-18(22)13-21-8-6-15-14-4-2-3-5-16(14)20-17(15)12-21;2-1-3/h2-5,7,9,20H,6,8,10-13H2,1H3;1H,(H,2,3). The average molecular weight is 356 g/mol. The van der Waals surface area contributed by atoms with Gasteiger partial charge in [-0.2, -0.15) is 0 Å². The monoisotopic (exact) mass is 356 g/mol. The summed E-state index contributed by atoms with van der Waals surface area (Å²) in [5, 5.41) is 8.27. The molecule has 0 saturated carbocycles. The minimum absolute atomic E-state index is 0.250. The average Bonchev–Trinajstić information content (AvgIpc) is 3.24. The van der Waals surface area contributed by atoms with Crippen LogP contribution in [0.3, 0.4) is 0 Å². The van der Waals surface area contributed by atoms with Crippen molar-refractivity contribution in [3.05, 3.63) is 53.7 Å². The van der Waals surface area contributed by atoms with Gasteiger partial charge in [0.25, 0.3) is 6.47 Å². The van der Waals surface area contributed by atoms with Gasteiger partial charge in [-0.05, 0) is 18.1 Å². The van der Waals surface area contributed by atoms with Crippen LogP contribution in [0.25, 0.3) is 10.9 Å². The molecule has 1 aromatic carbocycles. The van der Waals surface area contributed by atoms with Crippen molar-refractivity contribution < 1.29 is 14.6 Å². The number of fused-ring (bicyclic) bond motifs is 3. The lowest BCUT2D eigenvalue weighted by Crippen LogP contribution is -2.31. The number of nitrogens with zero attached hydrogens (tertiary/aromatic N) is 3. The fraction of sp³-hybridized carbons (Fsp3) is 0.368. The Labute approximate surface area is 152 Å². The van der Waals surface area contributed by atoms with E-state index in [0.717, 1.165) is 45.0 Å². The number of benzene rings is 1. The fourth-order valence-corrected chi connectivity index (χ4v) is 3.47. The number of hydrogen-bond acceptors (Lipinski definition) is 4. The van der Waals surface area contributed by atoms with E-state index >= 15 is 0 Å². The number of imidazole rings is 1. The zero-order chi connectivity index (χ0) is 18.4. The van der Waals surface area contributed by atoms with Crippen LogP contribution in [-0.2, 0) is 35.6 Å². The maximum atomic E-state index is 8.36. The molecule has 1 aliphatic rings. The van der Waals surface area contributed by atoms with Gasteiger partial charge in [0.1, 0.15) is 5.82 Å². The van der Waals surface area contributed by atoms with Gasteiger partial charge < -0.3 is 19.4 Å². The molecule has 0 unspecified atom stereocenters. The molecule has 3 aromatic rings. The highest BCUT2D eigenvalue weighted by Crippen LogP contribution is 2.27. The Morgan fingerprint density at radius 1 is 1.38 bits per heavy atom. The van der Waals surface area contributed by atoms with Crippen LogP contribution < -0.4 is 0 Å². The molecule has 0 spiro atoms. The summed E-state index contributed by atoms with van der Waals surface area (Å²) in [4.78, 5) is 18.9. The topological polar surface area (TPSA) is 83.4 Å². The Morgan fingerprint density at radius 3 is 3.00 bits per heavy atom. The molecule has 0 saturated heterocycles. The number of nitrogens with one attached hydrogen (secondary N) is 1. The van der Waals surface area contributed by atoms with Crippen LogP contribution in [-0.4, -0.2) is 51.3 Å². The number of carboxylic acid groups (broad SMARTS) is 1. The maximum Gasteiger partial charge on any atom is 0.290 e. The molecule has 0 bridgehead atoms. The quantitative estimate of drug-likeness (QED) is 0.685. The number of aromatic nitrogens is 3. The zero-order valence-electron chi connectivity index (χ0n) is 14.9. The number of methoxy groups -OCH3 is 1. The summed E-state index contributed by atoms with van der Waals surface area (Å²) >= 11 is 0. The summed E-state index contributed by atoms with van der Waals surface area (Å²) < 4.78 is 7.36. The number of hydrogen-bond donors (Lipinski definition) is 2. The Bertz CT molecular complexity index is 855. The van der Waals surface area contributed by atoms with Crippen molar-refractivity contribution in [2.75, 3.05) is 20.3 Å². The first-order chi connectivity index (χ1) is 12.8. The van der Waals surface area contributed by atoms with Gasteiger partial charge in [0.05, 0.1) is 13.2 Å². The lowest BCUT2D eigenvalue weighted by atomic mass is 10.0. The van der Waals surface area contributed by atoms with Crippen molar-refractivity contribution in [2.45, 2.75) is 26.1 Å².